The molecule has 0 unspecified atom stereocenters. The highest BCUT2D eigenvalue weighted by atomic mass is 32.1. The van der Waals surface area contributed by atoms with E-state index in [1.54, 1.807) is 18.4 Å². The number of nitrogens with zero attached hydrogens (tertiary/aromatic N) is 2. The van der Waals surface area contributed by atoms with Gasteiger partial charge in [0.1, 0.15) is 4.83 Å². The van der Waals surface area contributed by atoms with E-state index in [-0.39, 0.29) is 19.7 Å². The number of hydrogen-bond donors (Lipinski definition) is 2. The predicted molar refractivity (Wildman–Crippen MR) is 112 cm³/mol. The number of thiophene rings is 1. The number of aliphatic hydroxyl groups is 1. The lowest BCUT2D eigenvalue weighted by atomic mass is 10.1. The summed E-state index contributed by atoms with van der Waals surface area (Å²) in [6.07, 6.45) is 1.86. The molecule has 0 spiro atoms. The molecule has 0 radical (unpaired) electrons. The van der Waals surface area contributed by atoms with Gasteiger partial charge in [0.2, 0.25) is 5.06 Å². The maximum atomic E-state index is 13.1. The molecule has 4 rings (SSSR count). The van der Waals surface area contributed by atoms with Crippen LogP contribution in [0.4, 0.5) is 0 Å². The van der Waals surface area contributed by atoms with E-state index in [2.05, 4.69) is 4.98 Å². The van der Waals surface area contributed by atoms with Gasteiger partial charge in [-0.25, -0.2) is 4.79 Å². The number of nitrogens with one attached hydrogen (secondary N) is 1. The monoisotopic (exact) mass is 415 g/mol. The first-order valence-electron chi connectivity index (χ1n) is 9.28. The van der Waals surface area contributed by atoms with Crippen molar-refractivity contribution in [1.29, 1.82) is 0 Å². The zero-order chi connectivity index (χ0) is 20.5. The van der Waals surface area contributed by atoms with Crippen LogP contribution in [0.15, 0.2) is 40.1 Å². The molecule has 0 bridgehead atoms. The lowest BCUT2D eigenvalue weighted by Gasteiger charge is -2.11. The summed E-state index contributed by atoms with van der Waals surface area (Å²) >= 11 is 1.20. The maximum Gasteiger partial charge on any atom is 0.332 e. The molecule has 3 aromatic heterocycles. The lowest BCUT2D eigenvalue weighted by Crippen LogP contribution is -2.40. The third-order valence-corrected chi connectivity index (χ3v) is 5.96. The summed E-state index contributed by atoms with van der Waals surface area (Å²) in [4.78, 5) is 40.1. The number of fused-ring (bicyclic) bond motifs is 2. The maximum absolute atomic E-state index is 13.1. The van der Waals surface area contributed by atoms with Gasteiger partial charge in [0.15, 0.2) is 0 Å². The largest absolute Gasteiger partial charge is 0.395 e. The first-order chi connectivity index (χ1) is 14.0. The van der Waals surface area contributed by atoms with Crippen LogP contribution in [0.2, 0.25) is 0 Å². The fraction of sp³-hybridized carbons (Fsp3) is 0.300. The normalized spacial score (nSPS) is 11.6. The zero-order valence-corrected chi connectivity index (χ0v) is 16.9. The topological polar surface area (TPSA) is 98.5 Å². The van der Waals surface area contributed by atoms with E-state index < -0.39 is 11.2 Å². The Balaban J connectivity index is 1.92. The van der Waals surface area contributed by atoms with E-state index in [0.29, 0.717) is 27.5 Å². The fourth-order valence-electron chi connectivity index (χ4n) is 3.39. The van der Waals surface area contributed by atoms with Crippen LogP contribution in [0, 0.1) is 6.92 Å². The summed E-state index contributed by atoms with van der Waals surface area (Å²) in [7, 11) is 0. The lowest BCUT2D eigenvalue weighted by molar-refractivity contribution is -0.199. The van der Waals surface area contributed by atoms with Crippen molar-refractivity contribution >= 4 is 32.5 Å². The Kier molecular flexibility index (Phi) is 5.27. The van der Waals surface area contributed by atoms with E-state index in [4.69, 9.17) is 9.78 Å². The van der Waals surface area contributed by atoms with Crippen LogP contribution in [0.5, 0.6) is 5.06 Å². The Hall–Kier alpha value is -2.88. The van der Waals surface area contributed by atoms with E-state index in [9.17, 15) is 14.7 Å². The van der Waals surface area contributed by atoms with Gasteiger partial charge in [-0.3, -0.25) is 13.9 Å². The molecule has 3 heterocycles. The standard InChI is InChI=1S/C20H21N3O5S/c1-3-27-28-19-12(2)16-17(25)22(8-9-24)20(26)23(18(16)29-19)11-13-4-5-15-14(10-13)6-7-21-15/h4-7,10,21,24H,3,8-9,11H2,1-2H3. The van der Waals surface area contributed by atoms with Crippen molar-refractivity contribution in [2.24, 2.45) is 0 Å². The van der Waals surface area contributed by atoms with Crippen LogP contribution in [0.25, 0.3) is 21.1 Å². The first kappa shape index (κ1) is 19.4. The quantitative estimate of drug-likeness (QED) is 0.357. The molecule has 0 aliphatic heterocycles. The van der Waals surface area contributed by atoms with Crippen molar-refractivity contribution in [1.82, 2.24) is 14.1 Å². The molecule has 0 amide bonds. The van der Waals surface area contributed by atoms with Crippen molar-refractivity contribution in [3.8, 4) is 5.06 Å². The number of aromatic nitrogens is 3. The zero-order valence-electron chi connectivity index (χ0n) is 16.1. The molecular weight excluding hydrogens is 394 g/mol. The summed E-state index contributed by atoms with van der Waals surface area (Å²) in [6, 6.07) is 7.87. The van der Waals surface area contributed by atoms with Crippen LogP contribution in [-0.4, -0.2) is 32.4 Å². The van der Waals surface area contributed by atoms with E-state index in [1.807, 2.05) is 30.5 Å². The van der Waals surface area contributed by atoms with Gasteiger partial charge in [0.25, 0.3) is 5.56 Å². The molecule has 1 aromatic carbocycles. The molecule has 2 N–H and O–H groups in total. The summed E-state index contributed by atoms with van der Waals surface area (Å²) in [5.74, 6) is 0. The predicted octanol–water partition coefficient (Wildman–Crippen LogP) is 2.39. The van der Waals surface area contributed by atoms with Crippen LogP contribution >= 0.6 is 11.3 Å². The Morgan fingerprint density at radius 1 is 1.21 bits per heavy atom. The smallest absolute Gasteiger partial charge is 0.332 e. The summed E-state index contributed by atoms with van der Waals surface area (Å²) in [5.41, 5.74) is 1.65. The number of rotatable bonds is 7. The Morgan fingerprint density at radius 2 is 2.03 bits per heavy atom. The molecular formula is C20H21N3O5S. The number of aromatic amines is 1. The van der Waals surface area contributed by atoms with Crippen molar-refractivity contribution in [2.45, 2.75) is 26.9 Å². The number of hydrogen-bond acceptors (Lipinski definition) is 6. The Labute approximate surface area is 169 Å². The average molecular weight is 415 g/mol. The number of H-pyrrole nitrogens is 1. The Morgan fingerprint density at radius 3 is 2.79 bits per heavy atom. The third kappa shape index (κ3) is 3.37. The van der Waals surface area contributed by atoms with Gasteiger partial charge < -0.3 is 15.0 Å². The summed E-state index contributed by atoms with van der Waals surface area (Å²) in [5, 5.41) is 11.2. The van der Waals surface area contributed by atoms with Crippen LogP contribution in [-0.2, 0) is 18.0 Å². The SMILES string of the molecule is CCOOc1sc2c(c1C)c(=O)n(CCO)c(=O)n2Cc1ccc2[nH]ccc2c1. The summed E-state index contributed by atoms with van der Waals surface area (Å²) in [6.45, 7) is 3.83. The van der Waals surface area contributed by atoms with Gasteiger partial charge in [0, 0.05) is 17.3 Å². The molecule has 9 heteroatoms. The summed E-state index contributed by atoms with van der Waals surface area (Å²) < 4.78 is 2.62. The molecule has 0 saturated heterocycles. The minimum atomic E-state index is -0.463. The number of aryl methyl sites for hydroxylation is 1. The highest BCUT2D eigenvalue weighted by Crippen LogP contribution is 2.35. The van der Waals surface area contributed by atoms with Crippen LogP contribution in [0.1, 0.15) is 18.1 Å². The van der Waals surface area contributed by atoms with Gasteiger partial charge in [-0.2, -0.15) is 4.89 Å². The first-order valence-corrected chi connectivity index (χ1v) is 10.1. The molecule has 0 fully saturated rings. The van der Waals surface area contributed by atoms with E-state index >= 15 is 0 Å². The van der Waals surface area contributed by atoms with Crippen molar-refractivity contribution in [3.05, 3.63) is 62.4 Å². The molecule has 8 nitrogen and oxygen atoms in total. The van der Waals surface area contributed by atoms with Gasteiger partial charge >= 0.3 is 5.69 Å². The van der Waals surface area contributed by atoms with Gasteiger partial charge in [0.05, 0.1) is 31.7 Å². The van der Waals surface area contributed by atoms with Crippen molar-refractivity contribution < 1.29 is 14.9 Å². The molecule has 0 aliphatic rings. The second-order valence-corrected chi connectivity index (χ2v) is 7.59. The minimum Gasteiger partial charge on any atom is -0.395 e. The second-order valence-electron chi connectivity index (χ2n) is 6.63. The van der Waals surface area contributed by atoms with Crippen molar-refractivity contribution in [2.75, 3.05) is 13.2 Å². The van der Waals surface area contributed by atoms with Crippen LogP contribution < -0.4 is 16.1 Å². The molecule has 152 valence electrons. The molecule has 29 heavy (non-hydrogen) atoms. The number of benzene rings is 1. The third-order valence-electron chi connectivity index (χ3n) is 4.78. The number of aliphatic hydroxyl groups excluding tert-OH is 1. The molecule has 0 aliphatic carbocycles. The van der Waals surface area contributed by atoms with E-state index in [1.165, 1.54) is 11.3 Å². The van der Waals surface area contributed by atoms with Gasteiger partial charge in [-0.15, -0.1) is 0 Å². The minimum absolute atomic E-state index is 0.0681. The average Bonchev–Trinajstić information content (AvgIpc) is 3.31. The molecule has 0 atom stereocenters. The molecule has 4 aromatic rings. The van der Waals surface area contributed by atoms with Gasteiger partial charge in [-0.05, 0) is 43.0 Å². The highest BCUT2D eigenvalue weighted by Gasteiger charge is 2.21. The fourth-order valence-corrected chi connectivity index (χ4v) is 4.49. The van der Waals surface area contributed by atoms with E-state index in [0.717, 1.165) is 21.0 Å². The second kappa shape index (κ2) is 7.86. The molecule has 0 saturated carbocycles. The highest BCUT2D eigenvalue weighted by molar-refractivity contribution is 7.20. The van der Waals surface area contributed by atoms with Crippen molar-refractivity contribution in [3.63, 3.8) is 0 Å². The Bertz CT molecular complexity index is 1300. The van der Waals surface area contributed by atoms with Gasteiger partial charge in [-0.1, -0.05) is 17.4 Å². The van der Waals surface area contributed by atoms with Crippen LogP contribution in [0.3, 0.4) is 0 Å².